The van der Waals surface area contributed by atoms with Gasteiger partial charge in [-0.3, -0.25) is 14.6 Å². The summed E-state index contributed by atoms with van der Waals surface area (Å²) in [5.74, 6) is -0.505. The van der Waals surface area contributed by atoms with Gasteiger partial charge in [0.25, 0.3) is 0 Å². The number of fused-ring (bicyclic) bond motifs is 1. The molecule has 1 aliphatic heterocycles. The molecule has 4 rings (SSSR count). The van der Waals surface area contributed by atoms with Crippen molar-refractivity contribution in [3.63, 3.8) is 0 Å². The van der Waals surface area contributed by atoms with E-state index in [1.165, 1.54) is 6.20 Å². The number of aromatic nitrogens is 3. The van der Waals surface area contributed by atoms with Crippen molar-refractivity contribution in [2.75, 3.05) is 33.2 Å². The first kappa shape index (κ1) is 28.9. The molecule has 1 unspecified atom stereocenters. The van der Waals surface area contributed by atoms with E-state index in [0.29, 0.717) is 41.1 Å². The van der Waals surface area contributed by atoms with Gasteiger partial charge >= 0.3 is 6.18 Å². The second kappa shape index (κ2) is 12.4. The molecule has 1 fully saturated rings. The maximum atomic E-state index is 12.8. The zero-order valence-corrected chi connectivity index (χ0v) is 22.4. The number of carbonyl (C=O) groups excluding carboxylic acids is 2. The lowest BCUT2D eigenvalue weighted by atomic mass is 10.0. The van der Waals surface area contributed by atoms with Crippen molar-refractivity contribution in [2.45, 2.75) is 38.4 Å². The fourth-order valence-corrected chi connectivity index (χ4v) is 4.43. The number of nitrogens with two attached hydrogens (primary N) is 1. The molecular weight excluding hydrogens is 523 g/mol. The van der Waals surface area contributed by atoms with Gasteiger partial charge in [-0.25, -0.2) is 9.50 Å². The van der Waals surface area contributed by atoms with E-state index in [1.807, 2.05) is 18.0 Å². The van der Waals surface area contributed by atoms with Crippen LogP contribution in [0.3, 0.4) is 0 Å². The van der Waals surface area contributed by atoms with Gasteiger partial charge in [-0.2, -0.15) is 18.3 Å². The van der Waals surface area contributed by atoms with Crippen molar-refractivity contribution in [1.29, 1.82) is 0 Å². The van der Waals surface area contributed by atoms with Crippen molar-refractivity contribution < 1.29 is 22.8 Å². The summed E-state index contributed by atoms with van der Waals surface area (Å²) in [4.78, 5) is 37.7. The third-order valence-corrected chi connectivity index (χ3v) is 6.80. The lowest BCUT2D eigenvalue weighted by molar-refractivity contribution is -0.143. The number of halogens is 3. The zero-order valence-electron chi connectivity index (χ0n) is 22.4. The van der Waals surface area contributed by atoms with Gasteiger partial charge in [-0.05, 0) is 31.7 Å². The van der Waals surface area contributed by atoms with Crippen molar-refractivity contribution in [2.24, 2.45) is 10.7 Å². The Morgan fingerprint density at radius 2 is 1.90 bits per heavy atom. The number of ketones is 1. The highest BCUT2D eigenvalue weighted by atomic mass is 19.4. The first-order valence-electron chi connectivity index (χ1n) is 13.0. The van der Waals surface area contributed by atoms with Gasteiger partial charge < -0.3 is 15.5 Å². The molecule has 3 aromatic rings. The quantitative estimate of drug-likeness (QED) is 0.406. The molecule has 1 aromatic carbocycles. The Labute approximate surface area is 230 Å². The molecule has 212 valence electrons. The number of likely N-dealkylation sites (N-methyl/N-ethyl adjacent to an activating group) is 1. The number of amides is 1. The number of Topliss-reactive ketones (excluding diaryl/α,β-unsaturated/α-hetero) is 1. The van der Waals surface area contributed by atoms with E-state index in [2.05, 4.69) is 20.0 Å². The number of benzene rings is 1. The van der Waals surface area contributed by atoms with Crippen molar-refractivity contribution in [3.8, 4) is 11.3 Å². The number of imidazole rings is 1. The molecule has 1 atom stereocenters. The van der Waals surface area contributed by atoms with Gasteiger partial charge in [-0.15, -0.1) is 0 Å². The monoisotopic (exact) mass is 555 g/mol. The van der Waals surface area contributed by atoms with E-state index in [0.717, 1.165) is 18.7 Å². The Hall–Kier alpha value is -4.06. The smallest absolute Gasteiger partial charge is 0.389 e. The molecule has 0 spiro atoms. The maximum absolute atomic E-state index is 12.8. The molecule has 0 aliphatic carbocycles. The standard InChI is InChI=1S/C28H32F3N7O2/c1-19(27(40)37-10-8-36(2)9-11-37)33-16-23(15-32)22-14-26-34-18-25(38(26)35-17-22)21-5-3-4-20(12-21)13-24(39)6-7-28(29,30)31/h3-5,12,14-19H,6-11,13,32H2,1-2H3. The van der Waals surface area contributed by atoms with Gasteiger partial charge in [0.05, 0.1) is 24.5 Å². The number of nitrogens with zero attached hydrogens (tertiary/aromatic N) is 6. The van der Waals surface area contributed by atoms with E-state index in [4.69, 9.17) is 5.73 Å². The van der Waals surface area contributed by atoms with Crippen LogP contribution in [-0.2, 0) is 16.0 Å². The van der Waals surface area contributed by atoms with E-state index in [-0.39, 0.29) is 12.3 Å². The van der Waals surface area contributed by atoms with Crippen LogP contribution in [0.5, 0.6) is 0 Å². The van der Waals surface area contributed by atoms with E-state index in [1.54, 1.807) is 54.3 Å². The molecule has 1 aliphatic rings. The molecule has 2 aromatic heterocycles. The second-order valence-electron chi connectivity index (χ2n) is 9.89. The molecular formula is C28H32F3N7O2. The summed E-state index contributed by atoms with van der Waals surface area (Å²) >= 11 is 0. The van der Waals surface area contributed by atoms with Gasteiger partial charge in [0.1, 0.15) is 11.8 Å². The van der Waals surface area contributed by atoms with Gasteiger partial charge in [0, 0.05) is 68.1 Å². The van der Waals surface area contributed by atoms with Crippen LogP contribution >= 0.6 is 0 Å². The Morgan fingerprint density at radius 1 is 1.15 bits per heavy atom. The number of piperazine rings is 1. The highest BCUT2D eigenvalue weighted by molar-refractivity contribution is 6.10. The van der Waals surface area contributed by atoms with Crippen LogP contribution in [0.25, 0.3) is 22.5 Å². The summed E-state index contributed by atoms with van der Waals surface area (Å²) in [5.41, 5.74) is 9.64. The zero-order chi connectivity index (χ0) is 28.9. The second-order valence-corrected chi connectivity index (χ2v) is 9.89. The minimum atomic E-state index is -4.36. The molecule has 12 heteroatoms. The van der Waals surface area contributed by atoms with Crippen LogP contribution in [0.1, 0.15) is 30.9 Å². The van der Waals surface area contributed by atoms with Crippen molar-refractivity contribution >= 4 is 29.1 Å². The third kappa shape index (κ3) is 7.32. The largest absolute Gasteiger partial charge is 0.404 e. The predicted molar refractivity (Wildman–Crippen MR) is 147 cm³/mol. The Balaban J connectivity index is 1.46. The third-order valence-electron chi connectivity index (χ3n) is 6.80. The van der Waals surface area contributed by atoms with E-state index >= 15 is 0 Å². The average Bonchev–Trinajstić information content (AvgIpc) is 3.35. The summed E-state index contributed by atoms with van der Waals surface area (Å²) < 4.78 is 39.0. The number of rotatable bonds is 9. The average molecular weight is 556 g/mol. The summed E-state index contributed by atoms with van der Waals surface area (Å²) in [5, 5.41) is 4.50. The van der Waals surface area contributed by atoms with Gasteiger partial charge in [0.15, 0.2) is 5.65 Å². The highest BCUT2D eigenvalue weighted by Crippen LogP contribution is 2.25. The SMILES string of the molecule is CC(N=CC(=CN)c1cnn2c(-c3cccc(CC(=O)CCC(F)(F)F)c3)cnc2c1)C(=O)N1CCN(C)CC1. The van der Waals surface area contributed by atoms with E-state index in [9.17, 15) is 22.8 Å². The van der Waals surface area contributed by atoms with Crippen LogP contribution in [0, 0.1) is 0 Å². The Kier molecular flexibility index (Phi) is 8.98. The van der Waals surface area contributed by atoms with Crippen LogP contribution < -0.4 is 5.73 Å². The minimum Gasteiger partial charge on any atom is -0.404 e. The van der Waals surface area contributed by atoms with E-state index < -0.39 is 30.8 Å². The molecule has 2 N–H and O–H groups in total. The van der Waals surface area contributed by atoms with Crippen molar-refractivity contribution in [3.05, 3.63) is 60.1 Å². The number of hydrogen-bond acceptors (Lipinski definition) is 7. The lowest BCUT2D eigenvalue weighted by Crippen LogP contribution is -2.49. The maximum Gasteiger partial charge on any atom is 0.389 e. The fraction of sp³-hybridized carbons (Fsp3) is 0.393. The van der Waals surface area contributed by atoms with Crippen LogP contribution in [0.15, 0.2) is 53.9 Å². The van der Waals surface area contributed by atoms with Crippen LogP contribution in [0.2, 0.25) is 0 Å². The minimum absolute atomic E-state index is 0.0310. The van der Waals surface area contributed by atoms with Crippen LogP contribution in [0.4, 0.5) is 13.2 Å². The Morgan fingerprint density at radius 3 is 2.60 bits per heavy atom. The molecule has 3 heterocycles. The summed E-state index contributed by atoms with van der Waals surface area (Å²) in [6.45, 7) is 4.77. The normalized spacial score (nSPS) is 16.1. The topological polar surface area (TPSA) is 109 Å². The van der Waals surface area contributed by atoms with Gasteiger partial charge in [-0.1, -0.05) is 18.2 Å². The van der Waals surface area contributed by atoms with Crippen molar-refractivity contribution in [1.82, 2.24) is 24.4 Å². The summed E-state index contributed by atoms with van der Waals surface area (Å²) in [6, 6.07) is 8.25. The summed E-state index contributed by atoms with van der Waals surface area (Å²) in [7, 11) is 2.03. The highest BCUT2D eigenvalue weighted by Gasteiger charge is 2.28. The molecule has 0 saturated carbocycles. The molecule has 9 nitrogen and oxygen atoms in total. The first-order chi connectivity index (χ1) is 19.0. The molecule has 0 bridgehead atoms. The molecule has 1 amide bonds. The first-order valence-corrected chi connectivity index (χ1v) is 13.0. The predicted octanol–water partition coefficient (Wildman–Crippen LogP) is 3.38. The number of aliphatic imine (C=N–C) groups is 1. The molecule has 0 radical (unpaired) electrons. The molecule has 1 saturated heterocycles. The number of hydrogen-bond donors (Lipinski definition) is 1. The summed E-state index contributed by atoms with van der Waals surface area (Å²) in [6.07, 6.45) is 0.0923. The number of alkyl halides is 3. The fourth-order valence-electron chi connectivity index (χ4n) is 4.43. The Bertz CT molecular complexity index is 1420. The number of allylic oxidation sites excluding steroid dienone is 1. The van der Waals surface area contributed by atoms with Gasteiger partial charge in [0.2, 0.25) is 5.91 Å². The molecule has 40 heavy (non-hydrogen) atoms. The number of carbonyl (C=O) groups is 2. The lowest BCUT2D eigenvalue weighted by Gasteiger charge is -2.33. The van der Waals surface area contributed by atoms with Crippen LogP contribution in [-0.4, -0.2) is 87.7 Å².